The van der Waals surface area contributed by atoms with Gasteiger partial charge in [0.05, 0.1) is 17.0 Å². The first-order valence-corrected chi connectivity index (χ1v) is 5.63. The van der Waals surface area contributed by atoms with Crippen LogP contribution in [-0.2, 0) is 6.54 Å². The summed E-state index contributed by atoms with van der Waals surface area (Å²) in [5.41, 5.74) is 7.61. The number of pyridine rings is 1. The minimum Gasteiger partial charge on any atom is -0.366 e. The Kier molecular flexibility index (Phi) is 3.23. The number of hydrogen-bond donors (Lipinski definition) is 1. The highest BCUT2D eigenvalue weighted by Gasteiger charge is 2.11. The van der Waals surface area contributed by atoms with E-state index >= 15 is 0 Å². The Bertz CT molecular complexity index is 517. The Morgan fingerprint density at radius 1 is 1.47 bits per heavy atom. The van der Waals surface area contributed by atoms with Gasteiger partial charge in [-0.1, -0.05) is 13.0 Å². The standard InChI is InChI=1S/C13H15N3O/c1-2-7-16-9-10(13(14)17)8-12(16)11-5-3-4-6-15-11/h3-6,8-9H,2,7H2,1H3,(H2,14,17). The molecule has 17 heavy (non-hydrogen) atoms. The molecule has 0 aliphatic heterocycles. The maximum Gasteiger partial charge on any atom is 0.250 e. The van der Waals surface area contributed by atoms with Crippen LogP contribution < -0.4 is 5.73 Å². The lowest BCUT2D eigenvalue weighted by Crippen LogP contribution is -2.09. The highest BCUT2D eigenvalue weighted by atomic mass is 16.1. The van der Waals surface area contributed by atoms with Gasteiger partial charge in [0.2, 0.25) is 5.91 Å². The fraction of sp³-hybridized carbons (Fsp3) is 0.231. The minimum atomic E-state index is -0.406. The van der Waals surface area contributed by atoms with Crippen molar-refractivity contribution >= 4 is 5.91 Å². The van der Waals surface area contributed by atoms with Crippen molar-refractivity contribution in [3.63, 3.8) is 0 Å². The monoisotopic (exact) mass is 229 g/mol. The third-order valence-electron chi connectivity index (χ3n) is 2.57. The smallest absolute Gasteiger partial charge is 0.250 e. The highest BCUT2D eigenvalue weighted by Crippen LogP contribution is 2.20. The van der Waals surface area contributed by atoms with Crippen molar-refractivity contribution in [1.29, 1.82) is 0 Å². The number of aryl methyl sites for hydroxylation is 1. The summed E-state index contributed by atoms with van der Waals surface area (Å²) < 4.78 is 2.02. The quantitative estimate of drug-likeness (QED) is 0.872. The van der Waals surface area contributed by atoms with Gasteiger partial charge in [0.25, 0.3) is 0 Å². The van der Waals surface area contributed by atoms with E-state index in [-0.39, 0.29) is 0 Å². The lowest BCUT2D eigenvalue weighted by molar-refractivity contribution is 0.100. The molecule has 0 spiro atoms. The molecule has 88 valence electrons. The lowest BCUT2D eigenvalue weighted by atomic mass is 10.2. The fourth-order valence-electron chi connectivity index (χ4n) is 1.80. The molecule has 2 N–H and O–H groups in total. The van der Waals surface area contributed by atoms with Crippen LogP contribution in [0.2, 0.25) is 0 Å². The molecule has 2 heterocycles. The molecule has 2 aromatic rings. The molecule has 0 saturated carbocycles. The number of rotatable bonds is 4. The van der Waals surface area contributed by atoms with E-state index in [2.05, 4.69) is 11.9 Å². The normalized spacial score (nSPS) is 10.4. The number of carbonyl (C=O) groups excluding carboxylic acids is 1. The van der Waals surface area contributed by atoms with E-state index < -0.39 is 5.91 Å². The van der Waals surface area contributed by atoms with Gasteiger partial charge < -0.3 is 10.3 Å². The van der Waals surface area contributed by atoms with Gasteiger partial charge in [0.1, 0.15) is 0 Å². The molecule has 0 atom stereocenters. The summed E-state index contributed by atoms with van der Waals surface area (Å²) in [6.07, 6.45) is 4.52. The molecule has 0 bridgehead atoms. The van der Waals surface area contributed by atoms with Crippen LogP contribution in [0.1, 0.15) is 23.7 Å². The molecule has 2 aromatic heterocycles. The van der Waals surface area contributed by atoms with Crippen LogP contribution in [0.25, 0.3) is 11.4 Å². The molecule has 1 amide bonds. The molecular weight excluding hydrogens is 214 g/mol. The van der Waals surface area contributed by atoms with Crippen LogP contribution in [0.15, 0.2) is 36.7 Å². The zero-order valence-corrected chi connectivity index (χ0v) is 9.76. The summed E-state index contributed by atoms with van der Waals surface area (Å²) >= 11 is 0. The molecule has 2 rings (SSSR count). The zero-order chi connectivity index (χ0) is 12.3. The summed E-state index contributed by atoms with van der Waals surface area (Å²) in [6.45, 7) is 2.94. The average molecular weight is 229 g/mol. The van der Waals surface area contributed by atoms with Crippen molar-refractivity contribution < 1.29 is 4.79 Å². The van der Waals surface area contributed by atoms with Gasteiger partial charge in [-0.05, 0) is 24.6 Å². The van der Waals surface area contributed by atoms with E-state index in [9.17, 15) is 4.79 Å². The number of amides is 1. The Morgan fingerprint density at radius 3 is 2.88 bits per heavy atom. The maximum atomic E-state index is 11.2. The van der Waals surface area contributed by atoms with Crippen LogP contribution in [0.3, 0.4) is 0 Å². The Hall–Kier alpha value is -2.10. The summed E-state index contributed by atoms with van der Waals surface area (Å²) in [5, 5.41) is 0. The first kappa shape index (κ1) is 11.4. The minimum absolute atomic E-state index is 0.406. The molecule has 0 saturated heterocycles. The predicted molar refractivity (Wildman–Crippen MR) is 66.5 cm³/mol. The number of primary amides is 1. The van der Waals surface area contributed by atoms with Gasteiger partial charge in [-0.25, -0.2) is 0 Å². The SMILES string of the molecule is CCCn1cc(C(N)=O)cc1-c1ccccn1. The van der Waals surface area contributed by atoms with E-state index in [1.807, 2.05) is 22.8 Å². The van der Waals surface area contributed by atoms with E-state index in [1.54, 1.807) is 18.5 Å². The summed E-state index contributed by atoms with van der Waals surface area (Å²) in [4.78, 5) is 15.5. The second kappa shape index (κ2) is 4.82. The summed E-state index contributed by atoms with van der Waals surface area (Å²) in [5.74, 6) is -0.406. The van der Waals surface area contributed by atoms with E-state index in [0.29, 0.717) is 5.56 Å². The molecule has 0 aliphatic carbocycles. The predicted octanol–water partition coefficient (Wildman–Crippen LogP) is 2.06. The van der Waals surface area contributed by atoms with Crippen LogP contribution in [-0.4, -0.2) is 15.5 Å². The fourth-order valence-corrected chi connectivity index (χ4v) is 1.80. The third kappa shape index (κ3) is 2.36. The van der Waals surface area contributed by atoms with Crippen molar-refractivity contribution in [2.45, 2.75) is 19.9 Å². The maximum absolute atomic E-state index is 11.2. The van der Waals surface area contributed by atoms with E-state index in [0.717, 1.165) is 24.4 Å². The lowest BCUT2D eigenvalue weighted by Gasteiger charge is -2.06. The van der Waals surface area contributed by atoms with Crippen LogP contribution in [0, 0.1) is 0 Å². The summed E-state index contributed by atoms with van der Waals surface area (Å²) in [7, 11) is 0. The number of hydrogen-bond acceptors (Lipinski definition) is 2. The zero-order valence-electron chi connectivity index (χ0n) is 9.76. The van der Waals surface area contributed by atoms with Gasteiger partial charge in [-0.3, -0.25) is 9.78 Å². The molecular formula is C13H15N3O. The van der Waals surface area contributed by atoms with E-state index in [4.69, 9.17) is 5.73 Å². The highest BCUT2D eigenvalue weighted by molar-refractivity contribution is 5.94. The number of nitrogens with two attached hydrogens (primary N) is 1. The van der Waals surface area contributed by atoms with Crippen molar-refractivity contribution in [2.24, 2.45) is 5.73 Å². The number of nitrogens with zero attached hydrogens (tertiary/aromatic N) is 2. The first-order chi connectivity index (χ1) is 8.22. The van der Waals surface area contributed by atoms with Crippen LogP contribution in [0.5, 0.6) is 0 Å². The van der Waals surface area contributed by atoms with Crippen molar-refractivity contribution in [1.82, 2.24) is 9.55 Å². The molecule has 0 fully saturated rings. The molecule has 0 aromatic carbocycles. The van der Waals surface area contributed by atoms with Crippen LogP contribution in [0.4, 0.5) is 0 Å². The molecule has 0 aliphatic rings. The molecule has 0 radical (unpaired) electrons. The average Bonchev–Trinajstić information content (AvgIpc) is 2.75. The van der Waals surface area contributed by atoms with Gasteiger partial charge in [-0.15, -0.1) is 0 Å². The number of aromatic nitrogens is 2. The van der Waals surface area contributed by atoms with Crippen LogP contribution >= 0.6 is 0 Å². The largest absolute Gasteiger partial charge is 0.366 e. The Balaban J connectivity index is 2.48. The topological polar surface area (TPSA) is 60.9 Å². The van der Waals surface area contributed by atoms with Gasteiger partial charge in [0.15, 0.2) is 0 Å². The molecule has 4 nitrogen and oxygen atoms in total. The van der Waals surface area contributed by atoms with Gasteiger partial charge >= 0.3 is 0 Å². The second-order valence-corrected chi connectivity index (χ2v) is 3.89. The first-order valence-electron chi connectivity index (χ1n) is 5.63. The van der Waals surface area contributed by atoms with Gasteiger partial charge in [0, 0.05) is 18.9 Å². The van der Waals surface area contributed by atoms with E-state index in [1.165, 1.54) is 0 Å². The third-order valence-corrected chi connectivity index (χ3v) is 2.57. The Morgan fingerprint density at radius 2 is 2.29 bits per heavy atom. The molecule has 0 unspecified atom stereocenters. The number of carbonyl (C=O) groups is 1. The Labute approximate surface area is 100 Å². The van der Waals surface area contributed by atoms with Crippen molar-refractivity contribution in [3.05, 3.63) is 42.2 Å². The van der Waals surface area contributed by atoms with Crippen molar-refractivity contribution in [3.8, 4) is 11.4 Å². The van der Waals surface area contributed by atoms with Gasteiger partial charge in [-0.2, -0.15) is 0 Å². The molecule has 4 heteroatoms. The second-order valence-electron chi connectivity index (χ2n) is 3.89. The van der Waals surface area contributed by atoms with Crippen molar-refractivity contribution in [2.75, 3.05) is 0 Å². The summed E-state index contributed by atoms with van der Waals surface area (Å²) in [6, 6.07) is 7.51.